The topological polar surface area (TPSA) is 46.5 Å². The van der Waals surface area contributed by atoms with E-state index in [4.69, 9.17) is 0 Å². The number of hydrogen-bond acceptors (Lipinski definition) is 3. The molecule has 1 aliphatic rings. The third-order valence-corrected chi connectivity index (χ3v) is 3.66. The Morgan fingerprint density at radius 2 is 2.05 bits per heavy atom. The van der Waals surface area contributed by atoms with Crippen molar-refractivity contribution in [3.8, 4) is 0 Å². The fraction of sp³-hybridized carbons (Fsp3) is 0.167. The van der Waals surface area contributed by atoms with Gasteiger partial charge in [0.1, 0.15) is 0 Å². The van der Waals surface area contributed by atoms with Crippen LogP contribution in [-0.4, -0.2) is 23.8 Å². The van der Waals surface area contributed by atoms with Crippen LogP contribution in [0.1, 0.15) is 18.9 Å². The Morgan fingerprint density at radius 3 is 2.73 bits per heavy atom. The number of carbonyl (C=O) groups is 2. The van der Waals surface area contributed by atoms with Crippen LogP contribution in [0, 0.1) is 0 Å². The summed E-state index contributed by atoms with van der Waals surface area (Å²) in [6.45, 7) is 2.40. The van der Waals surface area contributed by atoms with Crippen LogP contribution >= 0.6 is 15.9 Å². The van der Waals surface area contributed by atoms with Gasteiger partial charge in [-0.1, -0.05) is 46.3 Å². The SMILES string of the molecule is CCN=C1CC=CC=C(C(=O)/C=C/c2ccc(Br)cc2)C1=O. The van der Waals surface area contributed by atoms with E-state index in [1.165, 1.54) is 6.08 Å². The second kappa shape index (κ2) is 7.80. The van der Waals surface area contributed by atoms with Gasteiger partial charge in [0.05, 0.1) is 11.3 Å². The summed E-state index contributed by atoms with van der Waals surface area (Å²) in [4.78, 5) is 28.8. The molecule has 1 aromatic rings. The summed E-state index contributed by atoms with van der Waals surface area (Å²) in [5.41, 5.74) is 1.50. The van der Waals surface area contributed by atoms with E-state index in [9.17, 15) is 9.59 Å². The molecule has 3 nitrogen and oxygen atoms in total. The maximum Gasteiger partial charge on any atom is 0.210 e. The van der Waals surface area contributed by atoms with Gasteiger partial charge in [-0.2, -0.15) is 0 Å². The van der Waals surface area contributed by atoms with Crippen molar-refractivity contribution in [1.29, 1.82) is 0 Å². The lowest BCUT2D eigenvalue weighted by molar-refractivity contribution is -0.116. The zero-order valence-electron chi connectivity index (χ0n) is 12.3. The molecule has 0 fully saturated rings. The number of rotatable bonds is 4. The van der Waals surface area contributed by atoms with Crippen molar-refractivity contribution in [2.45, 2.75) is 13.3 Å². The number of Topliss-reactive ketones (excluding diaryl/α,β-unsaturated/α-hetero) is 1. The number of allylic oxidation sites excluding steroid dienone is 5. The average molecular weight is 358 g/mol. The highest BCUT2D eigenvalue weighted by Crippen LogP contribution is 2.13. The molecule has 0 radical (unpaired) electrons. The molecular formula is C18H16BrNO2. The Balaban J connectivity index is 2.19. The van der Waals surface area contributed by atoms with Gasteiger partial charge >= 0.3 is 0 Å². The Hall–Kier alpha value is -2.07. The van der Waals surface area contributed by atoms with E-state index >= 15 is 0 Å². The number of carbonyl (C=O) groups excluding carboxylic acids is 2. The van der Waals surface area contributed by atoms with E-state index in [-0.39, 0.29) is 17.1 Å². The summed E-state index contributed by atoms with van der Waals surface area (Å²) < 4.78 is 0.975. The molecule has 112 valence electrons. The Bertz CT molecular complexity index is 694. The lowest BCUT2D eigenvalue weighted by atomic mass is 10.0. The highest BCUT2D eigenvalue weighted by Gasteiger charge is 2.21. The second-order valence-corrected chi connectivity index (χ2v) is 5.63. The maximum absolute atomic E-state index is 12.3. The van der Waals surface area contributed by atoms with Crippen molar-refractivity contribution in [3.63, 3.8) is 0 Å². The molecule has 0 unspecified atom stereocenters. The highest BCUT2D eigenvalue weighted by atomic mass is 79.9. The van der Waals surface area contributed by atoms with E-state index in [0.29, 0.717) is 18.7 Å². The van der Waals surface area contributed by atoms with Gasteiger partial charge in [0, 0.05) is 17.4 Å². The van der Waals surface area contributed by atoms with E-state index in [0.717, 1.165) is 10.0 Å². The van der Waals surface area contributed by atoms with Crippen molar-refractivity contribution in [2.24, 2.45) is 4.99 Å². The number of ketones is 2. The molecule has 22 heavy (non-hydrogen) atoms. The van der Waals surface area contributed by atoms with Crippen LogP contribution in [0.5, 0.6) is 0 Å². The molecule has 0 bridgehead atoms. The number of hydrogen-bond donors (Lipinski definition) is 0. The summed E-state index contributed by atoms with van der Waals surface area (Å²) in [6, 6.07) is 7.58. The van der Waals surface area contributed by atoms with Gasteiger partial charge in [-0.25, -0.2) is 0 Å². The molecule has 2 rings (SSSR count). The normalized spacial score (nSPS) is 16.9. The van der Waals surface area contributed by atoms with Crippen molar-refractivity contribution in [1.82, 2.24) is 0 Å². The van der Waals surface area contributed by atoms with Gasteiger partial charge < -0.3 is 0 Å². The molecule has 0 saturated carbocycles. The standard InChI is InChI=1S/C18H16BrNO2/c1-2-20-16-6-4-3-5-15(18(16)22)17(21)12-9-13-7-10-14(19)11-8-13/h3-5,7-12H,2,6H2,1H3/b12-9+,20-16?. The molecule has 4 heteroatoms. The zero-order valence-corrected chi connectivity index (χ0v) is 13.8. The summed E-state index contributed by atoms with van der Waals surface area (Å²) in [7, 11) is 0. The summed E-state index contributed by atoms with van der Waals surface area (Å²) in [6.07, 6.45) is 8.73. The molecule has 0 heterocycles. The summed E-state index contributed by atoms with van der Waals surface area (Å²) >= 11 is 3.36. The molecule has 1 aliphatic carbocycles. The first kappa shape index (κ1) is 16.3. The Kier molecular flexibility index (Phi) is 5.78. The first-order chi connectivity index (χ1) is 10.6. The third-order valence-electron chi connectivity index (χ3n) is 3.13. The van der Waals surface area contributed by atoms with Crippen molar-refractivity contribution >= 4 is 39.3 Å². The fourth-order valence-corrected chi connectivity index (χ4v) is 2.29. The van der Waals surface area contributed by atoms with Crippen LogP contribution in [0.4, 0.5) is 0 Å². The van der Waals surface area contributed by atoms with Gasteiger partial charge in [0.2, 0.25) is 5.78 Å². The minimum Gasteiger partial charge on any atom is -0.289 e. The van der Waals surface area contributed by atoms with Crippen LogP contribution in [0.25, 0.3) is 6.08 Å². The van der Waals surface area contributed by atoms with Gasteiger partial charge in [-0.15, -0.1) is 0 Å². The molecular weight excluding hydrogens is 342 g/mol. The van der Waals surface area contributed by atoms with Crippen molar-refractivity contribution in [2.75, 3.05) is 6.54 Å². The molecule has 0 aromatic heterocycles. The van der Waals surface area contributed by atoms with Crippen molar-refractivity contribution < 1.29 is 9.59 Å². The van der Waals surface area contributed by atoms with Crippen LogP contribution in [-0.2, 0) is 9.59 Å². The lowest BCUT2D eigenvalue weighted by Gasteiger charge is -2.03. The van der Waals surface area contributed by atoms with Crippen LogP contribution in [0.2, 0.25) is 0 Å². The maximum atomic E-state index is 12.3. The first-order valence-corrected chi connectivity index (χ1v) is 7.84. The van der Waals surface area contributed by atoms with Gasteiger partial charge in [-0.3, -0.25) is 14.6 Å². The van der Waals surface area contributed by atoms with Crippen LogP contribution in [0.15, 0.2) is 63.6 Å². The minimum atomic E-state index is -0.303. The monoisotopic (exact) mass is 357 g/mol. The third kappa shape index (κ3) is 4.21. The molecule has 0 saturated heterocycles. The largest absolute Gasteiger partial charge is 0.289 e. The fourth-order valence-electron chi connectivity index (χ4n) is 2.02. The number of aliphatic imine (C=N–C) groups is 1. The predicted molar refractivity (Wildman–Crippen MR) is 93.0 cm³/mol. The summed E-state index contributed by atoms with van der Waals surface area (Å²) in [5, 5.41) is 0. The molecule has 0 N–H and O–H groups in total. The number of benzene rings is 1. The second-order valence-electron chi connectivity index (χ2n) is 4.71. The smallest absolute Gasteiger partial charge is 0.210 e. The molecule has 0 spiro atoms. The van der Waals surface area contributed by atoms with E-state index in [1.54, 1.807) is 18.2 Å². The zero-order chi connectivity index (χ0) is 15.9. The van der Waals surface area contributed by atoms with E-state index < -0.39 is 0 Å². The summed E-state index contributed by atoms with van der Waals surface area (Å²) in [5.74, 6) is -0.583. The van der Waals surface area contributed by atoms with Gasteiger partial charge in [0.15, 0.2) is 5.78 Å². The number of nitrogens with zero attached hydrogens (tertiary/aromatic N) is 1. The highest BCUT2D eigenvalue weighted by molar-refractivity contribution is 9.10. The predicted octanol–water partition coefficient (Wildman–Crippen LogP) is 3.95. The number of halogens is 1. The molecule has 0 aliphatic heterocycles. The Morgan fingerprint density at radius 1 is 1.32 bits per heavy atom. The van der Waals surface area contributed by atoms with Crippen LogP contribution < -0.4 is 0 Å². The van der Waals surface area contributed by atoms with Crippen molar-refractivity contribution in [3.05, 3.63) is 64.2 Å². The Labute approximate surface area is 138 Å². The quantitative estimate of drug-likeness (QED) is 0.604. The first-order valence-electron chi connectivity index (χ1n) is 7.04. The van der Waals surface area contributed by atoms with Gasteiger partial charge in [-0.05, 0) is 36.8 Å². The molecule has 0 amide bonds. The molecule has 1 aromatic carbocycles. The van der Waals surface area contributed by atoms with Crippen LogP contribution in [0.3, 0.4) is 0 Å². The van der Waals surface area contributed by atoms with Gasteiger partial charge in [0.25, 0.3) is 0 Å². The van der Waals surface area contributed by atoms with E-state index in [2.05, 4.69) is 20.9 Å². The molecule has 0 atom stereocenters. The average Bonchev–Trinajstić information content (AvgIpc) is 2.69. The minimum absolute atomic E-state index is 0.161. The lowest BCUT2D eigenvalue weighted by Crippen LogP contribution is -2.20. The van der Waals surface area contributed by atoms with E-state index in [1.807, 2.05) is 37.3 Å².